The number of anilines is 2. The van der Waals surface area contributed by atoms with Crippen LogP contribution in [0.1, 0.15) is 43.6 Å². The van der Waals surface area contributed by atoms with Crippen molar-refractivity contribution in [2.24, 2.45) is 0 Å². The van der Waals surface area contributed by atoms with E-state index in [1.165, 1.54) is 60.4 Å². The van der Waals surface area contributed by atoms with Crippen molar-refractivity contribution in [2.75, 3.05) is 10.5 Å². The molecule has 240 valence electrons. The van der Waals surface area contributed by atoms with Gasteiger partial charge in [0.2, 0.25) is 0 Å². The third kappa shape index (κ3) is 8.72. The van der Waals surface area contributed by atoms with Gasteiger partial charge in [-0.1, -0.05) is 55.7 Å². The number of hydrogen-bond donors (Lipinski definition) is 2. The Bertz CT molecular complexity index is 1930. The van der Waals surface area contributed by atoms with Crippen molar-refractivity contribution < 1.29 is 18.3 Å². The molecule has 3 aromatic carbocycles. The minimum atomic E-state index is -3.76. The summed E-state index contributed by atoms with van der Waals surface area (Å²) in [7, 11) is -3.76. The van der Waals surface area contributed by atoms with E-state index in [-0.39, 0.29) is 38.4 Å². The highest BCUT2D eigenvalue weighted by Crippen LogP contribution is 2.34. The van der Waals surface area contributed by atoms with Crippen molar-refractivity contribution in [3.8, 4) is 22.5 Å². The number of thiazole rings is 2. The first kappa shape index (κ1) is 34.6. The van der Waals surface area contributed by atoms with Crippen LogP contribution in [0.3, 0.4) is 0 Å². The average molecular weight is 746 g/mol. The Labute approximate surface area is 283 Å². The molecule has 0 radical (unpaired) electrons. The minimum absolute atomic E-state index is 0. The second-order valence-corrected chi connectivity index (χ2v) is 13.7. The Morgan fingerprint density at radius 2 is 1.33 bits per heavy atom. The smallest absolute Gasteiger partial charge is 0.270 e. The second-order valence-electron chi connectivity index (χ2n) is 10.2. The fourth-order valence-corrected chi connectivity index (χ4v) is 7.50. The number of nitrogens with two attached hydrogens (primary N) is 1. The fourth-order valence-electron chi connectivity index (χ4n) is 4.96. The number of halogens is 1. The first-order valence-corrected chi connectivity index (χ1v) is 17.1. The Morgan fingerprint density at radius 1 is 0.783 bits per heavy atom. The van der Waals surface area contributed by atoms with E-state index in [0.29, 0.717) is 33.6 Å². The van der Waals surface area contributed by atoms with E-state index in [1.54, 1.807) is 47.2 Å². The molecule has 16 heteroatoms. The van der Waals surface area contributed by atoms with Crippen LogP contribution in [-0.4, -0.2) is 28.2 Å². The molecule has 12 nitrogen and oxygen atoms in total. The minimum Gasteiger partial charge on any atom is -0.375 e. The lowest BCUT2D eigenvalue weighted by Gasteiger charge is -2.22. The average Bonchev–Trinajstić information content (AvgIpc) is 3.71. The molecule has 3 N–H and O–H groups in total. The van der Waals surface area contributed by atoms with Crippen LogP contribution in [0.15, 0.2) is 88.5 Å². The maximum Gasteiger partial charge on any atom is 0.270 e. The van der Waals surface area contributed by atoms with E-state index in [0.717, 1.165) is 24.2 Å². The predicted octanol–water partition coefficient (Wildman–Crippen LogP) is 8.45. The molecule has 2 heterocycles. The van der Waals surface area contributed by atoms with Crippen LogP contribution in [0.4, 0.5) is 21.6 Å². The highest BCUT2D eigenvalue weighted by Gasteiger charge is 2.20. The zero-order valence-corrected chi connectivity index (χ0v) is 28.3. The van der Waals surface area contributed by atoms with Crippen LogP contribution < -0.4 is 10.5 Å². The number of aromatic nitrogens is 2. The summed E-state index contributed by atoms with van der Waals surface area (Å²) in [4.78, 5) is 29.1. The Balaban J connectivity index is 0.000000253. The highest BCUT2D eigenvalue weighted by atomic mass is 79.9. The molecular formula is C30H29BrN6O6S3. The van der Waals surface area contributed by atoms with Crippen molar-refractivity contribution in [1.29, 1.82) is 0 Å². The van der Waals surface area contributed by atoms with Gasteiger partial charge in [-0.3, -0.25) is 25.0 Å². The monoisotopic (exact) mass is 744 g/mol. The summed E-state index contributed by atoms with van der Waals surface area (Å²) >= 11 is 2.45. The van der Waals surface area contributed by atoms with Crippen molar-refractivity contribution in [1.82, 2.24) is 9.97 Å². The Morgan fingerprint density at radius 3 is 1.85 bits per heavy atom. The van der Waals surface area contributed by atoms with Crippen LogP contribution in [-0.2, 0) is 10.0 Å². The molecule has 5 aromatic rings. The summed E-state index contributed by atoms with van der Waals surface area (Å²) in [5.41, 5.74) is 9.10. The number of nitrogens with one attached hydrogen (secondary N) is 1. The van der Waals surface area contributed by atoms with Gasteiger partial charge in [0.25, 0.3) is 21.4 Å². The van der Waals surface area contributed by atoms with Crippen LogP contribution in [0.25, 0.3) is 22.5 Å². The molecule has 6 rings (SSSR count). The Hall–Kier alpha value is -4.25. The number of non-ortho nitro benzene ring substituents is 2. The lowest BCUT2D eigenvalue weighted by Crippen LogP contribution is -2.13. The van der Waals surface area contributed by atoms with Crippen LogP contribution in [0, 0.1) is 20.2 Å². The number of benzene rings is 3. The number of rotatable bonds is 8. The van der Waals surface area contributed by atoms with Crippen molar-refractivity contribution in [3.05, 3.63) is 109 Å². The molecule has 0 saturated heterocycles. The highest BCUT2D eigenvalue weighted by molar-refractivity contribution is 8.93. The number of nitrogens with zero attached hydrogens (tertiary/aromatic N) is 4. The third-order valence-corrected chi connectivity index (χ3v) is 10.1. The van der Waals surface area contributed by atoms with Gasteiger partial charge in [0.1, 0.15) is 0 Å². The molecule has 0 spiro atoms. The van der Waals surface area contributed by atoms with Crippen molar-refractivity contribution in [2.45, 2.75) is 42.9 Å². The maximum absolute atomic E-state index is 12.7. The number of hydrogen-bond acceptors (Lipinski definition) is 11. The fraction of sp³-hybridized carbons (Fsp3) is 0.200. The number of nitrogen functional groups attached to an aromatic ring is 1. The maximum atomic E-state index is 12.7. The normalized spacial score (nSPS) is 13.1. The molecule has 1 fully saturated rings. The molecule has 0 atom stereocenters. The van der Waals surface area contributed by atoms with E-state index in [2.05, 4.69) is 14.7 Å². The van der Waals surface area contributed by atoms with Gasteiger partial charge in [-0.05, 0) is 36.5 Å². The number of nitro benzene ring substituents is 2. The molecule has 0 bridgehead atoms. The van der Waals surface area contributed by atoms with E-state index >= 15 is 0 Å². The van der Waals surface area contributed by atoms with E-state index < -0.39 is 19.9 Å². The molecule has 1 aliphatic carbocycles. The number of sulfonamides is 1. The van der Waals surface area contributed by atoms with Crippen molar-refractivity contribution in [3.63, 3.8) is 0 Å². The van der Waals surface area contributed by atoms with Gasteiger partial charge in [-0.2, -0.15) is 0 Å². The SMILES string of the molecule is Br.Nc1nc(-c2cccc([N+](=O)[O-])c2)cs1.O=[N+]([O-])c1cccc(-c2csc(NS(=O)(=O)c3ccc(C4CCCCC4)cc3)n2)c1. The van der Waals surface area contributed by atoms with E-state index in [4.69, 9.17) is 5.73 Å². The first-order chi connectivity index (χ1) is 21.6. The van der Waals surface area contributed by atoms with Crippen LogP contribution in [0.2, 0.25) is 0 Å². The molecule has 2 aromatic heterocycles. The van der Waals surface area contributed by atoms with Crippen LogP contribution in [0.5, 0.6) is 0 Å². The summed E-state index contributed by atoms with van der Waals surface area (Å²) in [6, 6.07) is 19.5. The van der Waals surface area contributed by atoms with Gasteiger partial charge in [0.05, 0.1) is 26.1 Å². The summed E-state index contributed by atoms with van der Waals surface area (Å²) in [5.74, 6) is 0.514. The van der Waals surface area contributed by atoms with Gasteiger partial charge in [0, 0.05) is 46.2 Å². The van der Waals surface area contributed by atoms with Gasteiger partial charge >= 0.3 is 0 Å². The van der Waals surface area contributed by atoms with Gasteiger partial charge < -0.3 is 5.73 Å². The molecule has 0 amide bonds. The van der Waals surface area contributed by atoms with Crippen molar-refractivity contribution >= 4 is 71.3 Å². The van der Waals surface area contributed by atoms with Gasteiger partial charge in [0.15, 0.2) is 10.3 Å². The lowest BCUT2D eigenvalue weighted by atomic mass is 9.84. The topological polar surface area (TPSA) is 184 Å². The standard InChI is InChI=1S/C21H21N3O4S2.C9H7N3O2S.BrH/c25-24(26)18-8-4-7-17(13-18)20-14-29-21(22-20)23-30(27,28)19-11-9-16(10-12-19)15-5-2-1-3-6-15;10-9-11-8(5-15-9)6-2-1-3-7(4-6)12(13)14;/h4,7-15H,1-3,5-6H2,(H,22,23);1-5H,(H2,10,11);1H. The molecule has 0 unspecified atom stereocenters. The molecule has 1 aliphatic rings. The first-order valence-electron chi connectivity index (χ1n) is 13.9. The third-order valence-electron chi connectivity index (χ3n) is 7.22. The molecule has 46 heavy (non-hydrogen) atoms. The zero-order chi connectivity index (χ0) is 32.0. The van der Waals surface area contributed by atoms with Crippen LogP contribution >= 0.6 is 39.7 Å². The van der Waals surface area contributed by atoms with E-state index in [1.807, 2.05) is 12.1 Å². The lowest BCUT2D eigenvalue weighted by molar-refractivity contribution is -0.385. The largest absolute Gasteiger partial charge is 0.375 e. The summed E-state index contributed by atoms with van der Waals surface area (Å²) < 4.78 is 28.0. The van der Waals surface area contributed by atoms with Gasteiger partial charge in [-0.25, -0.2) is 18.4 Å². The van der Waals surface area contributed by atoms with Gasteiger partial charge in [-0.15, -0.1) is 39.7 Å². The zero-order valence-electron chi connectivity index (χ0n) is 24.1. The molecule has 1 saturated carbocycles. The quantitative estimate of drug-likeness (QED) is 0.116. The Kier molecular flexibility index (Phi) is 11.6. The molecule has 0 aliphatic heterocycles. The summed E-state index contributed by atoms with van der Waals surface area (Å²) in [6.07, 6.45) is 6.04. The van der Waals surface area contributed by atoms with E-state index in [9.17, 15) is 28.6 Å². The summed E-state index contributed by atoms with van der Waals surface area (Å²) in [5, 5.41) is 25.6. The second kappa shape index (κ2) is 15.4. The predicted molar refractivity (Wildman–Crippen MR) is 186 cm³/mol. The molecular weight excluding hydrogens is 716 g/mol. The summed E-state index contributed by atoms with van der Waals surface area (Å²) in [6.45, 7) is 0. The number of nitro groups is 2.